The first-order chi connectivity index (χ1) is 10.9. The molecule has 1 saturated heterocycles. The van der Waals surface area contributed by atoms with Crippen LogP contribution in [-0.2, 0) is 0 Å². The molecule has 3 nitrogen and oxygen atoms in total. The summed E-state index contributed by atoms with van der Waals surface area (Å²) in [4.78, 5) is 2.45. The molecule has 1 atom stereocenters. The van der Waals surface area contributed by atoms with E-state index in [1.165, 1.54) is 5.56 Å². The molecule has 0 aliphatic carbocycles. The molecule has 0 amide bonds. The Labute approximate surface area is 156 Å². The van der Waals surface area contributed by atoms with Crippen molar-refractivity contribution in [2.24, 2.45) is 0 Å². The van der Waals surface area contributed by atoms with Crippen LogP contribution in [0.5, 0.6) is 11.5 Å². The third kappa shape index (κ3) is 5.25. The maximum Gasteiger partial charge on any atom is 0.127 e. The van der Waals surface area contributed by atoms with Gasteiger partial charge >= 0.3 is 0 Å². The molecule has 1 aliphatic rings. The van der Waals surface area contributed by atoms with Crippen LogP contribution in [0.15, 0.2) is 67.3 Å². The van der Waals surface area contributed by atoms with Gasteiger partial charge in [0.2, 0.25) is 0 Å². The highest BCUT2D eigenvalue weighted by Crippen LogP contribution is 2.28. The summed E-state index contributed by atoms with van der Waals surface area (Å²) in [7, 11) is 0. The molecule has 24 heavy (non-hydrogen) atoms. The van der Waals surface area contributed by atoms with Crippen LogP contribution in [0.3, 0.4) is 0 Å². The van der Waals surface area contributed by atoms with Crippen LogP contribution >= 0.6 is 24.8 Å². The maximum absolute atomic E-state index is 5.94. The number of benzene rings is 2. The zero-order chi connectivity index (χ0) is 15.2. The Bertz CT molecular complexity index is 616. The first-order valence-electron chi connectivity index (χ1n) is 7.77. The van der Waals surface area contributed by atoms with Crippen molar-refractivity contribution in [2.45, 2.75) is 6.04 Å². The van der Waals surface area contributed by atoms with Crippen molar-refractivity contribution in [2.75, 3.05) is 26.2 Å². The fourth-order valence-corrected chi connectivity index (χ4v) is 2.84. The van der Waals surface area contributed by atoms with E-state index >= 15 is 0 Å². The molecule has 1 heterocycles. The van der Waals surface area contributed by atoms with Crippen molar-refractivity contribution in [3.63, 3.8) is 0 Å². The Morgan fingerprint density at radius 2 is 1.62 bits per heavy atom. The van der Waals surface area contributed by atoms with E-state index in [1.54, 1.807) is 0 Å². The van der Waals surface area contributed by atoms with E-state index in [1.807, 2.05) is 48.5 Å². The van der Waals surface area contributed by atoms with Gasteiger partial charge in [-0.15, -0.1) is 31.4 Å². The Kier molecular flexibility index (Phi) is 8.87. The lowest BCUT2D eigenvalue weighted by Crippen LogP contribution is -2.44. The van der Waals surface area contributed by atoms with Crippen molar-refractivity contribution < 1.29 is 4.74 Å². The minimum atomic E-state index is 0. The van der Waals surface area contributed by atoms with Gasteiger partial charge in [-0.05, 0) is 29.8 Å². The topological polar surface area (TPSA) is 24.5 Å². The first-order valence-corrected chi connectivity index (χ1v) is 7.77. The largest absolute Gasteiger partial charge is 0.457 e. The van der Waals surface area contributed by atoms with Crippen LogP contribution < -0.4 is 10.1 Å². The Hall–Kier alpha value is -1.52. The van der Waals surface area contributed by atoms with Crippen LogP contribution in [0.25, 0.3) is 0 Å². The van der Waals surface area contributed by atoms with Gasteiger partial charge in [0, 0.05) is 26.2 Å². The van der Waals surface area contributed by atoms with Crippen LogP contribution in [-0.4, -0.2) is 31.1 Å². The number of para-hydroxylation sites is 1. The molecule has 2 aromatic carbocycles. The number of hydrogen-bond donors (Lipinski definition) is 1. The molecule has 5 heteroatoms. The Morgan fingerprint density at radius 1 is 0.958 bits per heavy atom. The summed E-state index contributed by atoms with van der Waals surface area (Å²) in [5.74, 6) is 1.72. The van der Waals surface area contributed by atoms with E-state index in [9.17, 15) is 0 Å². The number of ether oxygens (including phenoxy) is 1. The van der Waals surface area contributed by atoms with E-state index in [0.717, 1.165) is 37.7 Å². The second-order valence-electron chi connectivity index (χ2n) is 5.45. The highest BCUT2D eigenvalue weighted by atomic mass is 35.5. The third-order valence-electron chi connectivity index (χ3n) is 3.95. The molecule has 0 aromatic heterocycles. The Morgan fingerprint density at radius 3 is 2.29 bits per heavy atom. The number of hydrogen-bond acceptors (Lipinski definition) is 3. The van der Waals surface area contributed by atoms with Crippen LogP contribution in [0.1, 0.15) is 11.6 Å². The minimum absolute atomic E-state index is 0. The molecule has 1 aliphatic heterocycles. The number of nitrogens with one attached hydrogen (secondary N) is 1. The summed E-state index contributed by atoms with van der Waals surface area (Å²) < 4.78 is 5.94. The average Bonchev–Trinajstić information content (AvgIpc) is 2.58. The number of nitrogens with zero attached hydrogens (tertiary/aromatic N) is 1. The van der Waals surface area contributed by atoms with Crippen LogP contribution in [0.4, 0.5) is 0 Å². The lowest BCUT2D eigenvalue weighted by atomic mass is 10.0. The second kappa shape index (κ2) is 10.4. The van der Waals surface area contributed by atoms with Gasteiger partial charge in [0.05, 0.1) is 6.04 Å². The lowest BCUT2D eigenvalue weighted by Gasteiger charge is -2.33. The van der Waals surface area contributed by atoms with Crippen molar-refractivity contribution in [1.82, 2.24) is 10.2 Å². The van der Waals surface area contributed by atoms with Crippen molar-refractivity contribution in [3.05, 3.63) is 72.8 Å². The van der Waals surface area contributed by atoms with E-state index in [0.29, 0.717) is 0 Å². The fraction of sp³-hybridized carbons (Fsp3) is 0.263. The highest BCUT2D eigenvalue weighted by Gasteiger charge is 2.19. The summed E-state index contributed by atoms with van der Waals surface area (Å²) in [5, 5.41) is 3.39. The molecule has 2 aromatic rings. The molecule has 0 saturated carbocycles. The van der Waals surface area contributed by atoms with Crippen LogP contribution in [0, 0.1) is 0 Å². The van der Waals surface area contributed by atoms with Crippen molar-refractivity contribution in [3.8, 4) is 11.5 Å². The van der Waals surface area contributed by atoms with Crippen molar-refractivity contribution >= 4 is 24.8 Å². The van der Waals surface area contributed by atoms with Gasteiger partial charge in [-0.1, -0.05) is 36.4 Å². The summed E-state index contributed by atoms with van der Waals surface area (Å²) in [6, 6.07) is 18.4. The maximum atomic E-state index is 5.94. The van der Waals surface area contributed by atoms with E-state index < -0.39 is 0 Å². The average molecular weight is 367 g/mol. The lowest BCUT2D eigenvalue weighted by molar-refractivity contribution is 0.203. The molecule has 3 rings (SSSR count). The number of piperazine rings is 1. The SMILES string of the molecule is C=C[C@H](c1cccc(Oc2ccccc2)c1)N1CCNCC1.Cl.Cl. The van der Waals surface area contributed by atoms with Gasteiger partial charge in [0.15, 0.2) is 0 Å². The molecule has 0 radical (unpaired) electrons. The standard InChI is InChI=1S/C19H22N2O.2ClH/c1-2-19(21-13-11-20-12-14-21)16-7-6-10-18(15-16)22-17-8-4-3-5-9-17;;/h2-10,15,19-20H,1,11-14H2;2*1H/t19-;;/m1../s1. The van der Waals surface area contributed by atoms with E-state index in [4.69, 9.17) is 4.74 Å². The summed E-state index contributed by atoms with van der Waals surface area (Å²) in [5.41, 5.74) is 1.23. The van der Waals surface area contributed by atoms with Crippen molar-refractivity contribution in [1.29, 1.82) is 0 Å². The molecule has 1 N–H and O–H groups in total. The van der Waals surface area contributed by atoms with Gasteiger partial charge in [-0.25, -0.2) is 0 Å². The van der Waals surface area contributed by atoms with Gasteiger partial charge in [0.1, 0.15) is 11.5 Å². The van der Waals surface area contributed by atoms with Gasteiger partial charge in [-0.3, -0.25) is 4.90 Å². The Balaban J connectivity index is 0.00000144. The summed E-state index contributed by atoms with van der Waals surface area (Å²) >= 11 is 0. The number of halogens is 2. The fourth-order valence-electron chi connectivity index (χ4n) is 2.84. The molecule has 0 unspecified atom stereocenters. The molecular formula is C19H24Cl2N2O. The van der Waals surface area contributed by atoms with Gasteiger partial charge < -0.3 is 10.1 Å². The van der Waals surface area contributed by atoms with E-state index in [-0.39, 0.29) is 30.9 Å². The highest BCUT2D eigenvalue weighted by molar-refractivity contribution is 5.85. The quantitative estimate of drug-likeness (QED) is 0.790. The summed E-state index contributed by atoms with van der Waals surface area (Å²) in [6.07, 6.45) is 2.02. The number of rotatable bonds is 5. The van der Waals surface area contributed by atoms with Gasteiger partial charge in [0.25, 0.3) is 0 Å². The molecular weight excluding hydrogens is 343 g/mol. The smallest absolute Gasteiger partial charge is 0.127 e. The predicted molar refractivity (Wildman–Crippen MR) is 105 cm³/mol. The summed E-state index contributed by atoms with van der Waals surface area (Å²) in [6.45, 7) is 8.17. The molecule has 130 valence electrons. The normalized spacial score (nSPS) is 15.5. The molecule has 1 fully saturated rings. The second-order valence-corrected chi connectivity index (χ2v) is 5.45. The zero-order valence-corrected chi connectivity index (χ0v) is 15.2. The van der Waals surface area contributed by atoms with E-state index in [2.05, 4.69) is 28.9 Å². The van der Waals surface area contributed by atoms with Crippen LogP contribution in [0.2, 0.25) is 0 Å². The minimum Gasteiger partial charge on any atom is -0.457 e. The predicted octanol–water partition coefficient (Wildman–Crippen LogP) is 4.45. The third-order valence-corrected chi connectivity index (χ3v) is 3.95. The first kappa shape index (κ1) is 20.5. The monoisotopic (exact) mass is 366 g/mol. The zero-order valence-electron chi connectivity index (χ0n) is 13.6. The van der Waals surface area contributed by atoms with Gasteiger partial charge in [-0.2, -0.15) is 0 Å². The molecule has 0 spiro atoms. The molecule has 0 bridgehead atoms.